The minimum Gasteiger partial charge on any atom is -0.393 e. The quantitative estimate of drug-likeness (QED) is 0.568. The highest BCUT2D eigenvalue weighted by Gasteiger charge is 2.30. The fourth-order valence-corrected chi connectivity index (χ4v) is 2.85. The average Bonchev–Trinajstić information content (AvgIpc) is 2.04. The first-order chi connectivity index (χ1) is 5.36. The highest BCUT2D eigenvalue weighted by Crippen LogP contribution is 2.40. The fraction of sp³-hybridized carbons (Fsp3) is 1.00. The Balaban J connectivity index is 1.93. The SMILES string of the molecule is OC1CCC2CCCCC2C1. The van der Waals surface area contributed by atoms with Crippen LogP contribution in [0.15, 0.2) is 0 Å². The number of aliphatic hydroxyl groups excluding tert-OH is 1. The molecular weight excluding hydrogens is 136 g/mol. The molecular formula is C10H18O. The Kier molecular flexibility index (Phi) is 2.17. The van der Waals surface area contributed by atoms with Gasteiger partial charge in [0.15, 0.2) is 0 Å². The van der Waals surface area contributed by atoms with E-state index in [1.807, 2.05) is 0 Å². The van der Waals surface area contributed by atoms with Crippen molar-refractivity contribution in [2.75, 3.05) is 0 Å². The van der Waals surface area contributed by atoms with Gasteiger partial charge in [0.1, 0.15) is 0 Å². The van der Waals surface area contributed by atoms with E-state index in [1.54, 1.807) is 0 Å². The number of aliphatic hydroxyl groups is 1. The van der Waals surface area contributed by atoms with Gasteiger partial charge in [-0.05, 0) is 31.1 Å². The molecule has 11 heavy (non-hydrogen) atoms. The second-order valence-electron chi connectivity index (χ2n) is 4.27. The first kappa shape index (κ1) is 7.60. The third-order valence-corrected chi connectivity index (χ3v) is 3.51. The molecule has 2 aliphatic rings. The lowest BCUT2D eigenvalue weighted by atomic mass is 9.70. The van der Waals surface area contributed by atoms with Crippen molar-refractivity contribution in [1.29, 1.82) is 0 Å². The summed E-state index contributed by atoms with van der Waals surface area (Å²) < 4.78 is 0. The average molecular weight is 154 g/mol. The van der Waals surface area contributed by atoms with Crippen LogP contribution in [0.5, 0.6) is 0 Å². The summed E-state index contributed by atoms with van der Waals surface area (Å²) in [7, 11) is 0. The molecule has 0 spiro atoms. The largest absolute Gasteiger partial charge is 0.393 e. The van der Waals surface area contributed by atoms with E-state index in [9.17, 15) is 5.11 Å². The van der Waals surface area contributed by atoms with E-state index in [1.165, 1.54) is 32.1 Å². The molecule has 2 rings (SSSR count). The minimum absolute atomic E-state index is 0.0364. The van der Waals surface area contributed by atoms with Crippen LogP contribution in [-0.4, -0.2) is 11.2 Å². The van der Waals surface area contributed by atoms with Crippen molar-refractivity contribution in [1.82, 2.24) is 0 Å². The zero-order valence-electron chi connectivity index (χ0n) is 7.13. The molecule has 0 aromatic rings. The molecule has 0 saturated heterocycles. The molecule has 0 amide bonds. The van der Waals surface area contributed by atoms with Gasteiger partial charge in [0.2, 0.25) is 0 Å². The Hall–Kier alpha value is -0.0400. The van der Waals surface area contributed by atoms with Gasteiger partial charge in [-0.15, -0.1) is 0 Å². The van der Waals surface area contributed by atoms with Crippen molar-refractivity contribution in [3.05, 3.63) is 0 Å². The van der Waals surface area contributed by atoms with E-state index in [2.05, 4.69) is 0 Å². The lowest BCUT2D eigenvalue weighted by molar-refractivity contribution is 0.0491. The first-order valence-electron chi connectivity index (χ1n) is 5.04. The van der Waals surface area contributed by atoms with E-state index in [-0.39, 0.29) is 6.10 Å². The molecule has 1 nitrogen and oxygen atoms in total. The van der Waals surface area contributed by atoms with Crippen molar-refractivity contribution in [3.63, 3.8) is 0 Å². The number of hydrogen-bond acceptors (Lipinski definition) is 1. The summed E-state index contributed by atoms with van der Waals surface area (Å²) in [6.07, 6.45) is 9.19. The minimum atomic E-state index is 0.0364. The summed E-state index contributed by atoms with van der Waals surface area (Å²) >= 11 is 0. The van der Waals surface area contributed by atoms with Crippen LogP contribution in [0.4, 0.5) is 0 Å². The van der Waals surface area contributed by atoms with Gasteiger partial charge in [0.05, 0.1) is 6.10 Å². The molecule has 64 valence electrons. The van der Waals surface area contributed by atoms with Crippen molar-refractivity contribution in [2.24, 2.45) is 11.8 Å². The second kappa shape index (κ2) is 3.14. The van der Waals surface area contributed by atoms with Crippen molar-refractivity contribution >= 4 is 0 Å². The number of hydrogen-bond donors (Lipinski definition) is 1. The van der Waals surface area contributed by atoms with Gasteiger partial charge in [-0.2, -0.15) is 0 Å². The van der Waals surface area contributed by atoms with E-state index < -0.39 is 0 Å². The molecule has 0 aliphatic heterocycles. The van der Waals surface area contributed by atoms with Gasteiger partial charge >= 0.3 is 0 Å². The maximum Gasteiger partial charge on any atom is 0.0543 e. The van der Waals surface area contributed by atoms with Crippen molar-refractivity contribution in [3.8, 4) is 0 Å². The van der Waals surface area contributed by atoms with Gasteiger partial charge in [0.25, 0.3) is 0 Å². The maximum absolute atomic E-state index is 9.45. The Morgan fingerprint density at radius 2 is 1.55 bits per heavy atom. The summed E-state index contributed by atoms with van der Waals surface area (Å²) in [6, 6.07) is 0. The van der Waals surface area contributed by atoms with Gasteiger partial charge in [-0.3, -0.25) is 0 Å². The van der Waals surface area contributed by atoms with Crippen LogP contribution >= 0.6 is 0 Å². The van der Waals surface area contributed by atoms with Crippen LogP contribution in [0.3, 0.4) is 0 Å². The molecule has 0 aromatic carbocycles. The summed E-state index contributed by atoms with van der Waals surface area (Å²) in [4.78, 5) is 0. The van der Waals surface area contributed by atoms with Crippen LogP contribution in [0.1, 0.15) is 44.9 Å². The van der Waals surface area contributed by atoms with E-state index in [4.69, 9.17) is 0 Å². The second-order valence-corrected chi connectivity index (χ2v) is 4.27. The highest BCUT2D eigenvalue weighted by atomic mass is 16.3. The third-order valence-electron chi connectivity index (χ3n) is 3.51. The predicted molar refractivity (Wildman–Crippen MR) is 45.3 cm³/mol. The number of rotatable bonds is 0. The molecule has 2 aliphatic carbocycles. The Morgan fingerprint density at radius 3 is 2.36 bits per heavy atom. The number of fused-ring (bicyclic) bond motifs is 1. The summed E-state index contributed by atoms with van der Waals surface area (Å²) in [5.41, 5.74) is 0. The van der Waals surface area contributed by atoms with Crippen LogP contribution < -0.4 is 0 Å². The lowest BCUT2D eigenvalue weighted by Gasteiger charge is -2.37. The van der Waals surface area contributed by atoms with Crippen molar-refractivity contribution in [2.45, 2.75) is 51.0 Å². The molecule has 2 fully saturated rings. The monoisotopic (exact) mass is 154 g/mol. The Morgan fingerprint density at radius 1 is 0.818 bits per heavy atom. The predicted octanol–water partition coefficient (Wildman–Crippen LogP) is 2.34. The molecule has 0 bridgehead atoms. The maximum atomic E-state index is 9.45. The molecule has 3 atom stereocenters. The van der Waals surface area contributed by atoms with E-state index in [0.717, 1.165) is 24.7 Å². The third kappa shape index (κ3) is 1.58. The summed E-state index contributed by atoms with van der Waals surface area (Å²) in [6.45, 7) is 0. The normalized spacial score (nSPS) is 45.0. The first-order valence-corrected chi connectivity index (χ1v) is 5.04. The summed E-state index contributed by atoms with van der Waals surface area (Å²) in [5.74, 6) is 1.86. The Bertz CT molecular complexity index is 133. The fourth-order valence-electron chi connectivity index (χ4n) is 2.85. The molecule has 0 radical (unpaired) electrons. The van der Waals surface area contributed by atoms with Crippen LogP contribution in [0.25, 0.3) is 0 Å². The van der Waals surface area contributed by atoms with Crippen LogP contribution in [-0.2, 0) is 0 Å². The zero-order chi connectivity index (χ0) is 7.68. The molecule has 0 aromatic heterocycles. The zero-order valence-corrected chi connectivity index (χ0v) is 7.13. The Labute approximate surface area is 68.8 Å². The molecule has 3 unspecified atom stereocenters. The van der Waals surface area contributed by atoms with Gasteiger partial charge < -0.3 is 5.11 Å². The summed E-state index contributed by atoms with van der Waals surface area (Å²) in [5, 5.41) is 9.45. The topological polar surface area (TPSA) is 20.2 Å². The van der Waals surface area contributed by atoms with Gasteiger partial charge in [-0.1, -0.05) is 25.7 Å². The molecule has 0 heterocycles. The molecule has 1 heteroatoms. The lowest BCUT2D eigenvalue weighted by Crippen LogP contribution is -2.29. The molecule has 1 N–H and O–H groups in total. The van der Waals surface area contributed by atoms with E-state index >= 15 is 0 Å². The molecule has 2 saturated carbocycles. The van der Waals surface area contributed by atoms with Crippen molar-refractivity contribution < 1.29 is 5.11 Å². The smallest absolute Gasteiger partial charge is 0.0543 e. The van der Waals surface area contributed by atoms with Crippen LogP contribution in [0.2, 0.25) is 0 Å². The van der Waals surface area contributed by atoms with E-state index in [0.29, 0.717) is 0 Å². The van der Waals surface area contributed by atoms with Crippen LogP contribution in [0, 0.1) is 11.8 Å². The highest BCUT2D eigenvalue weighted by molar-refractivity contribution is 4.82. The van der Waals surface area contributed by atoms with Gasteiger partial charge in [-0.25, -0.2) is 0 Å². The van der Waals surface area contributed by atoms with Gasteiger partial charge in [0, 0.05) is 0 Å². The standard InChI is InChI=1S/C10H18O/c11-10-6-5-8-3-1-2-4-9(8)7-10/h8-11H,1-7H2.